The van der Waals surface area contributed by atoms with Gasteiger partial charge in [0.1, 0.15) is 0 Å². The summed E-state index contributed by atoms with van der Waals surface area (Å²) in [6, 6.07) is 6.37. The molecule has 0 fully saturated rings. The van der Waals surface area contributed by atoms with Crippen molar-refractivity contribution in [1.82, 2.24) is 0 Å². The Morgan fingerprint density at radius 3 is 2.39 bits per heavy atom. The first kappa shape index (κ1) is 14.7. The highest BCUT2D eigenvalue weighted by Crippen LogP contribution is 2.31. The van der Waals surface area contributed by atoms with Gasteiger partial charge in [0.15, 0.2) is 0 Å². The van der Waals surface area contributed by atoms with Crippen molar-refractivity contribution >= 4 is 5.97 Å². The number of hydrogen-bond donors (Lipinski definition) is 1. The van der Waals surface area contributed by atoms with Crippen molar-refractivity contribution in [3.8, 4) is 0 Å². The molecule has 18 heavy (non-hydrogen) atoms. The smallest absolute Gasteiger partial charge is 0.303 e. The molecule has 1 rings (SSSR count). The van der Waals surface area contributed by atoms with Crippen LogP contribution in [0.15, 0.2) is 18.2 Å². The largest absolute Gasteiger partial charge is 0.481 e. The van der Waals surface area contributed by atoms with Gasteiger partial charge in [0, 0.05) is 0 Å². The molecule has 1 aromatic carbocycles. The third-order valence-electron chi connectivity index (χ3n) is 3.45. The number of rotatable bonds is 4. The zero-order chi connectivity index (χ0) is 13.9. The van der Waals surface area contributed by atoms with Crippen LogP contribution >= 0.6 is 0 Å². The van der Waals surface area contributed by atoms with Gasteiger partial charge in [0.05, 0.1) is 6.42 Å². The van der Waals surface area contributed by atoms with Gasteiger partial charge in [0.25, 0.3) is 0 Å². The SMILES string of the molecule is CCC(CC(=O)O)c1ccc(C)c(C(C)(C)C)c1. The molecule has 0 radical (unpaired) electrons. The van der Waals surface area contributed by atoms with Gasteiger partial charge < -0.3 is 5.11 Å². The predicted octanol–water partition coefficient (Wildman–Crippen LogP) is 4.26. The Balaban J connectivity index is 3.14. The minimum Gasteiger partial charge on any atom is -0.481 e. The van der Waals surface area contributed by atoms with Gasteiger partial charge >= 0.3 is 5.97 Å². The summed E-state index contributed by atoms with van der Waals surface area (Å²) < 4.78 is 0. The molecule has 2 nitrogen and oxygen atoms in total. The van der Waals surface area contributed by atoms with Crippen LogP contribution in [0, 0.1) is 6.92 Å². The molecular formula is C16H24O2. The Kier molecular flexibility index (Phi) is 4.55. The van der Waals surface area contributed by atoms with E-state index in [1.54, 1.807) is 0 Å². The van der Waals surface area contributed by atoms with Gasteiger partial charge in [-0.1, -0.05) is 45.9 Å². The fourth-order valence-electron chi connectivity index (χ4n) is 2.41. The lowest BCUT2D eigenvalue weighted by molar-refractivity contribution is -0.137. The molecule has 2 heteroatoms. The van der Waals surface area contributed by atoms with Gasteiger partial charge in [-0.05, 0) is 41.4 Å². The molecule has 1 aromatic rings. The minimum atomic E-state index is -0.722. The van der Waals surface area contributed by atoms with Crippen molar-refractivity contribution in [2.24, 2.45) is 0 Å². The third-order valence-corrected chi connectivity index (χ3v) is 3.45. The summed E-state index contributed by atoms with van der Waals surface area (Å²) in [6.45, 7) is 10.7. The maximum absolute atomic E-state index is 10.9. The Hall–Kier alpha value is -1.31. The Morgan fingerprint density at radius 2 is 1.94 bits per heavy atom. The molecule has 1 atom stereocenters. The maximum Gasteiger partial charge on any atom is 0.303 e. The van der Waals surface area contributed by atoms with E-state index in [2.05, 4.69) is 45.9 Å². The van der Waals surface area contributed by atoms with Gasteiger partial charge in [0.2, 0.25) is 0 Å². The van der Waals surface area contributed by atoms with Crippen LogP contribution in [-0.4, -0.2) is 11.1 Å². The van der Waals surface area contributed by atoms with Crippen LogP contribution in [0.5, 0.6) is 0 Å². The number of aryl methyl sites for hydroxylation is 1. The molecule has 0 bridgehead atoms. The number of benzene rings is 1. The van der Waals surface area contributed by atoms with E-state index >= 15 is 0 Å². The Labute approximate surface area is 110 Å². The maximum atomic E-state index is 10.9. The second-order valence-electron chi connectivity index (χ2n) is 6.03. The van der Waals surface area contributed by atoms with Crippen LogP contribution in [0.2, 0.25) is 0 Å². The van der Waals surface area contributed by atoms with Crippen molar-refractivity contribution in [1.29, 1.82) is 0 Å². The standard InChI is InChI=1S/C16H24O2/c1-6-12(10-15(17)18)13-8-7-11(2)14(9-13)16(3,4)5/h7-9,12H,6,10H2,1-5H3,(H,17,18). The molecule has 0 heterocycles. The molecule has 0 spiro atoms. The Morgan fingerprint density at radius 1 is 1.33 bits per heavy atom. The average molecular weight is 248 g/mol. The lowest BCUT2D eigenvalue weighted by atomic mass is 9.81. The summed E-state index contributed by atoms with van der Waals surface area (Å²) in [5.41, 5.74) is 3.83. The number of carbonyl (C=O) groups is 1. The molecular weight excluding hydrogens is 224 g/mol. The van der Waals surface area contributed by atoms with E-state index in [0.29, 0.717) is 0 Å². The highest BCUT2D eigenvalue weighted by atomic mass is 16.4. The fraction of sp³-hybridized carbons (Fsp3) is 0.562. The van der Waals surface area contributed by atoms with Crippen LogP contribution < -0.4 is 0 Å². The molecule has 1 unspecified atom stereocenters. The molecule has 1 N–H and O–H groups in total. The van der Waals surface area contributed by atoms with Crippen LogP contribution in [0.4, 0.5) is 0 Å². The quantitative estimate of drug-likeness (QED) is 0.864. The highest BCUT2D eigenvalue weighted by Gasteiger charge is 2.19. The molecule has 0 saturated carbocycles. The third kappa shape index (κ3) is 3.59. The van der Waals surface area contributed by atoms with E-state index in [4.69, 9.17) is 5.11 Å². The lowest BCUT2D eigenvalue weighted by Crippen LogP contribution is -2.14. The van der Waals surface area contributed by atoms with Crippen molar-refractivity contribution in [2.45, 2.75) is 58.8 Å². The van der Waals surface area contributed by atoms with Crippen molar-refractivity contribution < 1.29 is 9.90 Å². The molecule has 0 saturated heterocycles. The van der Waals surface area contributed by atoms with Crippen molar-refractivity contribution in [3.05, 3.63) is 34.9 Å². The fourth-order valence-corrected chi connectivity index (χ4v) is 2.41. The van der Waals surface area contributed by atoms with Crippen LogP contribution in [0.25, 0.3) is 0 Å². The summed E-state index contributed by atoms with van der Waals surface area (Å²) >= 11 is 0. The van der Waals surface area contributed by atoms with Gasteiger partial charge in [-0.15, -0.1) is 0 Å². The molecule has 0 aromatic heterocycles. The second-order valence-corrected chi connectivity index (χ2v) is 6.03. The van der Waals surface area contributed by atoms with Crippen LogP contribution in [0.1, 0.15) is 63.1 Å². The summed E-state index contributed by atoms with van der Waals surface area (Å²) in [5.74, 6) is -0.607. The predicted molar refractivity (Wildman–Crippen MR) is 75.2 cm³/mol. The molecule has 0 aliphatic carbocycles. The second kappa shape index (κ2) is 5.55. The molecule has 0 aliphatic heterocycles. The van der Waals surface area contributed by atoms with Gasteiger partial charge in [-0.2, -0.15) is 0 Å². The first-order valence-electron chi connectivity index (χ1n) is 6.58. The van der Waals surface area contributed by atoms with E-state index in [-0.39, 0.29) is 17.8 Å². The van der Waals surface area contributed by atoms with E-state index in [1.807, 2.05) is 6.92 Å². The first-order valence-corrected chi connectivity index (χ1v) is 6.58. The zero-order valence-electron chi connectivity index (χ0n) is 12.1. The van der Waals surface area contributed by atoms with E-state index in [1.165, 1.54) is 11.1 Å². The highest BCUT2D eigenvalue weighted by molar-refractivity contribution is 5.68. The number of aliphatic carboxylic acids is 1. The van der Waals surface area contributed by atoms with E-state index in [9.17, 15) is 4.79 Å². The van der Waals surface area contributed by atoms with Crippen LogP contribution in [0.3, 0.4) is 0 Å². The molecule has 0 amide bonds. The topological polar surface area (TPSA) is 37.3 Å². The summed E-state index contributed by atoms with van der Waals surface area (Å²) in [4.78, 5) is 10.9. The number of carboxylic acids is 1. The molecule has 100 valence electrons. The van der Waals surface area contributed by atoms with E-state index < -0.39 is 5.97 Å². The van der Waals surface area contributed by atoms with Crippen molar-refractivity contribution in [2.75, 3.05) is 0 Å². The van der Waals surface area contributed by atoms with Gasteiger partial charge in [-0.25, -0.2) is 0 Å². The van der Waals surface area contributed by atoms with E-state index in [0.717, 1.165) is 12.0 Å². The minimum absolute atomic E-state index is 0.0988. The summed E-state index contributed by atoms with van der Waals surface area (Å²) in [5, 5.41) is 8.96. The van der Waals surface area contributed by atoms with Crippen molar-refractivity contribution in [3.63, 3.8) is 0 Å². The summed E-state index contributed by atoms with van der Waals surface area (Å²) in [7, 11) is 0. The Bertz CT molecular complexity index is 427. The zero-order valence-corrected chi connectivity index (χ0v) is 12.1. The first-order chi connectivity index (χ1) is 8.25. The van der Waals surface area contributed by atoms with Crippen LogP contribution in [-0.2, 0) is 10.2 Å². The number of hydrogen-bond acceptors (Lipinski definition) is 1. The number of carboxylic acid groups (broad SMARTS) is 1. The average Bonchev–Trinajstić information content (AvgIpc) is 2.25. The molecule has 0 aliphatic rings. The summed E-state index contributed by atoms with van der Waals surface area (Å²) in [6.07, 6.45) is 1.07. The lowest BCUT2D eigenvalue weighted by Gasteiger charge is -2.24. The van der Waals surface area contributed by atoms with Gasteiger partial charge in [-0.3, -0.25) is 4.79 Å². The normalized spacial score (nSPS) is 13.4. The monoisotopic (exact) mass is 248 g/mol.